The van der Waals surface area contributed by atoms with Gasteiger partial charge in [0.2, 0.25) is 0 Å². The molecule has 8 heteroatoms. The summed E-state index contributed by atoms with van der Waals surface area (Å²) in [5.74, 6) is -0.286. The van der Waals surface area contributed by atoms with Gasteiger partial charge in [-0.15, -0.1) is 12.4 Å². The molecular formula is C14H23ClN2O4S. The molecular weight excluding hydrogens is 328 g/mol. The lowest BCUT2D eigenvalue weighted by molar-refractivity contribution is 0.0954. The minimum absolute atomic E-state index is 0. The van der Waals surface area contributed by atoms with Gasteiger partial charge in [0.05, 0.1) is 17.3 Å². The number of amides is 1. The second kappa shape index (κ2) is 10.6. The van der Waals surface area contributed by atoms with Gasteiger partial charge in [-0.3, -0.25) is 4.79 Å². The lowest BCUT2D eigenvalue weighted by Crippen LogP contribution is -2.31. The molecule has 0 unspecified atom stereocenters. The number of likely N-dealkylation sites (N-methyl/N-ethyl adjacent to an activating group) is 1. The first kappa shape index (κ1) is 20.9. The zero-order chi connectivity index (χ0) is 15.7. The molecule has 2 N–H and O–H groups in total. The largest absolute Gasteiger partial charge is 0.384 e. The Labute approximate surface area is 138 Å². The molecule has 1 amide bonds. The minimum atomic E-state index is -3.36. The fourth-order valence-corrected chi connectivity index (χ4v) is 2.84. The van der Waals surface area contributed by atoms with Gasteiger partial charge in [0.15, 0.2) is 9.84 Å². The molecule has 126 valence electrons. The standard InChI is InChI=1S/C14H22N2O4S.ClH/c1-3-15-8-9-16-14(17)12-4-6-13(7-5-12)21(18,19)11-10-20-2;/h4-7,15H,3,8-11H2,1-2H3,(H,16,17);1H. The monoisotopic (exact) mass is 350 g/mol. The maximum absolute atomic E-state index is 11.9. The summed E-state index contributed by atoms with van der Waals surface area (Å²) in [5, 5.41) is 5.85. The van der Waals surface area contributed by atoms with Crippen molar-refractivity contribution in [2.24, 2.45) is 0 Å². The third-order valence-corrected chi connectivity index (χ3v) is 4.56. The molecule has 0 aromatic heterocycles. The van der Waals surface area contributed by atoms with E-state index < -0.39 is 9.84 Å². The fourth-order valence-electron chi connectivity index (χ4n) is 1.67. The smallest absolute Gasteiger partial charge is 0.251 e. The van der Waals surface area contributed by atoms with Gasteiger partial charge < -0.3 is 15.4 Å². The quantitative estimate of drug-likeness (QED) is 0.645. The molecule has 0 aliphatic rings. The van der Waals surface area contributed by atoms with Crippen LogP contribution >= 0.6 is 12.4 Å². The van der Waals surface area contributed by atoms with Crippen molar-refractivity contribution in [3.8, 4) is 0 Å². The molecule has 0 aliphatic carbocycles. The first-order valence-electron chi connectivity index (χ1n) is 6.82. The fraction of sp³-hybridized carbons (Fsp3) is 0.500. The Morgan fingerprint density at radius 2 is 1.82 bits per heavy atom. The molecule has 0 aliphatic heterocycles. The number of carbonyl (C=O) groups excluding carboxylic acids is 1. The summed E-state index contributed by atoms with van der Waals surface area (Å²) in [6.07, 6.45) is 0. The highest BCUT2D eigenvalue weighted by atomic mass is 35.5. The van der Waals surface area contributed by atoms with E-state index in [9.17, 15) is 13.2 Å². The second-order valence-corrected chi connectivity index (χ2v) is 6.55. The van der Waals surface area contributed by atoms with E-state index in [0.717, 1.165) is 6.54 Å². The number of halogens is 1. The third kappa shape index (κ3) is 6.74. The maximum atomic E-state index is 11.9. The third-order valence-electron chi connectivity index (χ3n) is 2.87. The van der Waals surface area contributed by atoms with Crippen LogP contribution in [0.5, 0.6) is 0 Å². The van der Waals surface area contributed by atoms with E-state index in [1.54, 1.807) is 0 Å². The van der Waals surface area contributed by atoms with Crippen molar-refractivity contribution in [2.45, 2.75) is 11.8 Å². The summed E-state index contributed by atoms with van der Waals surface area (Å²) in [4.78, 5) is 12.0. The van der Waals surface area contributed by atoms with Crippen LogP contribution in [0.25, 0.3) is 0 Å². The van der Waals surface area contributed by atoms with E-state index in [1.165, 1.54) is 31.4 Å². The highest BCUT2D eigenvalue weighted by molar-refractivity contribution is 7.91. The Balaban J connectivity index is 0.00000441. The minimum Gasteiger partial charge on any atom is -0.384 e. The van der Waals surface area contributed by atoms with Crippen LogP contribution in [0.4, 0.5) is 0 Å². The van der Waals surface area contributed by atoms with Gasteiger partial charge in [0.25, 0.3) is 5.91 Å². The van der Waals surface area contributed by atoms with Crippen molar-refractivity contribution in [2.75, 3.05) is 39.1 Å². The van der Waals surface area contributed by atoms with E-state index in [4.69, 9.17) is 4.74 Å². The van der Waals surface area contributed by atoms with Crippen LogP contribution in [0.3, 0.4) is 0 Å². The molecule has 0 saturated carbocycles. The van der Waals surface area contributed by atoms with E-state index in [2.05, 4.69) is 10.6 Å². The molecule has 0 atom stereocenters. The molecule has 0 radical (unpaired) electrons. The molecule has 1 aromatic rings. The zero-order valence-electron chi connectivity index (χ0n) is 12.8. The van der Waals surface area contributed by atoms with Crippen molar-refractivity contribution in [3.63, 3.8) is 0 Å². The molecule has 1 aromatic carbocycles. The summed E-state index contributed by atoms with van der Waals surface area (Å²) in [6, 6.07) is 5.93. The van der Waals surface area contributed by atoms with Gasteiger partial charge in [-0.05, 0) is 30.8 Å². The van der Waals surface area contributed by atoms with E-state index in [1.807, 2.05) is 6.92 Å². The number of methoxy groups -OCH3 is 1. The number of sulfone groups is 1. The summed E-state index contributed by atoms with van der Waals surface area (Å²) < 4.78 is 28.6. The topological polar surface area (TPSA) is 84.5 Å². The lowest BCUT2D eigenvalue weighted by atomic mass is 10.2. The van der Waals surface area contributed by atoms with Crippen LogP contribution < -0.4 is 10.6 Å². The first-order chi connectivity index (χ1) is 10.0. The van der Waals surface area contributed by atoms with E-state index >= 15 is 0 Å². The maximum Gasteiger partial charge on any atom is 0.251 e. The average Bonchev–Trinajstić information content (AvgIpc) is 2.49. The van der Waals surface area contributed by atoms with Gasteiger partial charge >= 0.3 is 0 Å². The number of hydrogen-bond donors (Lipinski definition) is 2. The predicted molar refractivity (Wildman–Crippen MR) is 88.5 cm³/mol. The Kier molecular flexibility index (Phi) is 10.0. The van der Waals surface area contributed by atoms with Crippen molar-refractivity contribution >= 4 is 28.2 Å². The van der Waals surface area contributed by atoms with Crippen molar-refractivity contribution in [3.05, 3.63) is 29.8 Å². The molecule has 0 bridgehead atoms. The van der Waals surface area contributed by atoms with Crippen LogP contribution in [-0.4, -0.2) is 53.4 Å². The van der Waals surface area contributed by atoms with Gasteiger partial charge in [0.1, 0.15) is 0 Å². The molecule has 6 nitrogen and oxygen atoms in total. The van der Waals surface area contributed by atoms with Crippen LogP contribution in [0.2, 0.25) is 0 Å². The Morgan fingerprint density at radius 3 is 2.36 bits per heavy atom. The van der Waals surface area contributed by atoms with Crippen LogP contribution in [0, 0.1) is 0 Å². The molecule has 1 rings (SSSR count). The van der Waals surface area contributed by atoms with Crippen LogP contribution in [-0.2, 0) is 14.6 Å². The number of benzene rings is 1. The number of hydrogen-bond acceptors (Lipinski definition) is 5. The number of nitrogens with one attached hydrogen (secondary N) is 2. The summed E-state index contributed by atoms with van der Waals surface area (Å²) in [5.41, 5.74) is 0.442. The molecule has 0 spiro atoms. The van der Waals surface area contributed by atoms with Crippen molar-refractivity contribution in [1.29, 1.82) is 0 Å². The number of carbonyl (C=O) groups is 1. The SMILES string of the molecule is CCNCCNC(=O)c1ccc(S(=O)(=O)CCOC)cc1.Cl. The van der Waals surface area contributed by atoms with E-state index in [0.29, 0.717) is 18.7 Å². The van der Waals surface area contributed by atoms with Gasteiger partial charge in [-0.1, -0.05) is 6.92 Å². The first-order valence-corrected chi connectivity index (χ1v) is 8.47. The van der Waals surface area contributed by atoms with Crippen LogP contribution in [0.1, 0.15) is 17.3 Å². The van der Waals surface area contributed by atoms with E-state index in [-0.39, 0.29) is 35.6 Å². The van der Waals surface area contributed by atoms with Crippen molar-refractivity contribution in [1.82, 2.24) is 10.6 Å². The normalized spacial score (nSPS) is 10.8. The highest BCUT2D eigenvalue weighted by Crippen LogP contribution is 2.12. The zero-order valence-corrected chi connectivity index (χ0v) is 14.4. The Bertz CT molecular complexity index is 546. The second-order valence-electron chi connectivity index (χ2n) is 4.45. The summed E-state index contributed by atoms with van der Waals surface area (Å²) in [7, 11) is -1.90. The number of rotatable bonds is 9. The molecule has 22 heavy (non-hydrogen) atoms. The summed E-state index contributed by atoms with van der Waals surface area (Å²) in [6.45, 7) is 4.22. The summed E-state index contributed by atoms with van der Waals surface area (Å²) >= 11 is 0. The molecule has 0 fully saturated rings. The Morgan fingerprint density at radius 1 is 1.18 bits per heavy atom. The lowest BCUT2D eigenvalue weighted by Gasteiger charge is -2.07. The predicted octanol–water partition coefficient (Wildman–Crippen LogP) is 0.868. The average molecular weight is 351 g/mol. The van der Waals surface area contributed by atoms with Gasteiger partial charge in [-0.25, -0.2) is 8.42 Å². The molecule has 0 heterocycles. The van der Waals surface area contributed by atoms with Gasteiger partial charge in [0, 0.05) is 25.8 Å². The Hall–Kier alpha value is -1.15. The highest BCUT2D eigenvalue weighted by Gasteiger charge is 2.14. The molecule has 0 saturated heterocycles. The van der Waals surface area contributed by atoms with Gasteiger partial charge in [-0.2, -0.15) is 0 Å². The van der Waals surface area contributed by atoms with Crippen molar-refractivity contribution < 1.29 is 17.9 Å². The number of ether oxygens (including phenoxy) is 1. The van der Waals surface area contributed by atoms with Crippen LogP contribution in [0.15, 0.2) is 29.2 Å².